The molecule has 5 nitrogen and oxygen atoms in total. The van der Waals surface area contributed by atoms with E-state index in [1.165, 1.54) is 6.20 Å². The van der Waals surface area contributed by atoms with Gasteiger partial charge in [-0.05, 0) is 6.07 Å². The number of H-pyrrole nitrogens is 1. The quantitative estimate of drug-likeness (QED) is 0.846. The number of nitrogens with two attached hydrogens (primary N) is 1. The number of rotatable bonds is 3. The molecule has 1 unspecified atom stereocenters. The molecule has 0 spiro atoms. The number of aromatic nitrogens is 1. The summed E-state index contributed by atoms with van der Waals surface area (Å²) >= 11 is 1.81. The Kier molecular flexibility index (Phi) is 3.82. The SMILES string of the molecule is CC1CN(S(=O)(=O)c2c[nH]c(CN)c2)CCS1. The maximum Gasteiger partial charge on any atom is 0.244 e. The third-order valence-corrected chi connectivity index (χ3v) is 5.76. The van der Waals surface area contributed by atoms with Crippen LogP contribution < -0.4 is 5.73 Å². The number of thioether (sulfide) groups is 1. The molecule has 1 aromatic rings. The van der Waals surface area contributed by atoms with E-state index in [-0.39, 0.29) is 0 Å². The van der Waals surface area contributed by atoms with E-state index in [1.54, 1.807) is 10.4 Å². The molecule has 0 radical (unpaired) electrons. The molecule has 1 aliphatic heterocycles. The molecule has 0 bridgehead atoms. The summed E-state index contributed by atoms with van der Waals surface area (Å²) in [6, 6.07) is 1.61. The molecular formula is C10H17N3O2S2. The molecule has 96 valence electrons. The van der Waals surface area contributed by atoms with Crippen LogP contribution in [0.1, 0.15) is 12.6 Å². The minimum Gasteiger partial charge on any atom is -0.363 e. The van der Waals surface area contributed by atoms with E-state index >= 15 is 0 Å². The van der Waals surface area contributed by atoms with E-state index in [1.807, 2.05) is 11.8 Å². The van der Waals surface area contributed by atoms with Crippen LogP contribution in [0.4, 0.5) is 0 Å². The van der Waals surface area contributed by atoms with E-state index in [2.05, 4.69) is 11.9 Å². The Hall–Kier alpha value is -0.500. The smallest absolute Gasteiger partial charge is 0.244 e. The topological polar surface area (TPSA) is 79.2 Å². The summed E-state index contributed by atoms with van der Waals surface area (Å²) in [4.78, 5) is 3.19. The van der Waals surface area contributed by atoms with Crippen molar-refractivity contribution in [2.45, 2.75) is 23.6 Å². The maximum absolute atomic E-state index is 12.3. The van der Waals surface area contributed by atoms with E-state index in [0.29, 0.717) is 29.8 Å². The first-order valence-electron chi connectivity index (χ1n) is 5.53. The average Bonchev–Trinajstić information content (AvgIpc) is 2.78. The third-order valence-electron chi connectivity index (χ3n) is 2.78. The fourth-order valence-corrected chi connectivity index (χ4v) is 4.61. The lowest BCUT2D eigenvalue weighted by atomic mass is 10.4. The molecule has 2 rings (SSSR count). The molecule has 1 atom stereocenters. The number of nitrogens with one attached hydrogen (secondary N) is 1. The van der Waals surface area contributed by atoms with Crippen LogP contribution in [0.3, 0.4) is 0 Å². The van der Waals surface area contributed by atoms with Crippen molar-refractivity contribution in [3.05, 3.63) is 18.0 Å². The highest BCUT2D eigenvalue weighted by Crippen LogP contribution is 2.24. The van der Waals surface area contributed by atoms with Crippen molar-refractivity contribution in [3.8, 4) is 0 Å². The zero-order valence-corrected chi connectivity index (χ0v) is 11.4. The normalized spacial score (nSPS) is 22.8. The highest BCUT2D eigenvalue weighted by molar-refractivity contribution is 8.00. The second-order valence-electron chi connectivity index (χ2n) is 4.11. The molecule has 7 heteroatoms. The summed E-state index contributed by atoms with van der Waals surface area (Å²) in [5, 5.41) is 0.353. The van der Waals surface area contributed by atoms with Crippen molar-refractivity contribution in [1.82, 2.24) is 9.29 Å². The molecule has 1 fully saturated rings. The van der Waals surface area contributed by atoms with Crippen LogP contribution in [-0.4, -0.2) is 41.8 Å². The number of sulfonamides is 1. The Morgan fingerprint density at radius 3 is 3.00 bits per heavy atom. The van der Waals surface area contributed by atoms with E-state index in [4.69, 9.17) is 5.73 Å². The van der Waals surface area contributed by atoms with Crippen molar-refractivity contribution < 1.29 is 8.42 Å². The first-order chi connectivity index (χ1) is 8.04. The van der Waals surface area contributed by atoms with Gasteiger partial charge in [0.2, 0.25) is 10.0 Å². The summed E-state index contributed by atoms with van der Waals surface area (Å²) in [5.41, 5.74) is 6.20. The molecule has 1 saturated heterocycles. The van der Waals surface area contributed by atoms with Crippen molar-refractivity contribution in [2.24, 2.45) is 5.73 Å². The van der Waals surface area contributed by atoms with Gasteiger partial charge in [-0.3, -0.25) is 0 Å². The zero-order valence-electron chi connectivity index (χ0n) is 9.72. The van der Waals surface area contributed by atoms with E-state index < -0.39 is 10.0 Å². The monoisotopic (exact) mass is 275 g/mol. The number of aromatic amines is 1. The van der Waals surface area contributed by atoms with Crippen molar-refractivity contribution >= 4 is 21.8 Å². The van der Waals surface area contributed by atoms with Gasteiger partial charge >= 0.3 is 0 Å². The van der Waals surface area contributed by atoms with Gasteiger partial charge in [-0.25, -0.2) is 8.42 Å². The minimum absolute atomic E-state index is 0.317. The number of hydrogen-bond acceptors (Lipinski definition) is 4. The lowest BCUT2D eigenvalue weighted by Gasteiger charge is -2.29. The van der Waals surface area contributed by atoms with Gasteiger partial charge in [-0.1, -0.05) is 6.92 Å². The zero-order chi connectivity index (χ0) is 12.5. The molecule has 0 aliphatic carbocycles. The second kappa shape index (κ2) is 5.01. The lowest BCUT2D eigenvalue weighted by molar-refractivity contribution is 0.424. The van der Waals surface area contributed by atoms with Crippen molar-refractivity contribution in [3.63, 3.8) is 0 Å². The highest BCUT2D eigenvalue weighted by Gasteiger charge is 2.29. The fraction of sp³-hybridized carbons (Fsp3) is 0.600. The van der Waals surface area contributed by atoms with Crippen LogP contribution >= 0.6 is 11.8 Å². The fourth-order valence-electron chi connectivity index (χ4n) is 1.84. The Morgan fingerprint density at radius 1 is 1.65 bits per heavy atom. The molecule has 17 heavy (non-hydrogen) atoms. The van der Waals surface area contributed by atoms with Gasteiger partial charge in [0.25, 0.3) is 0 Å². The van der Waals surface area contributed by atoms with Crippen LogP contribution in [0.2, 0.25) is 0 Å². The number of hydrogen-bond donors (Lipinski definition) is 2. The van der Waals surface area contributed by atoms with E-state index in [9.17, 15) is 8.42 Å². The van der Waals surface area contributed by atoms with Gasteiger partial charge in [0.15, 0.2) is 0 Å². The van der Waals surface area contributed by atoms with Crippen LogP contribution in [0.15, 0.2) is 17.2 Å². The van der Waals surface area contributed by atoms with Crippen LogP contribution in [0.25, 0.3) is 0 Å². The lowest BCUT2D eigenvalue weighted by Crippen LogP contribution is -2.40. The summed E-state index contributed by atoms with van der Waals surface area (Å²) in [7, 11) is -3.35. The molecule has 1 aliphatic rings. The van der Waals surface area contributed by atoms with Crippen molar-refractivity contribution in [1.29, 1.82) is 0 Å². The third kappa shape index (κ3) is 2.67. The predicted octanol–water partition coefficient (Wildman–Crippen LogP) is 0.599. The summed E-state index contributed by atoms with van der Waals surface area (Å²) in [6.45, 7) is 3.53. The van der Waals surface area contributed by atoms with Crippen LogP contribution in [-0.2, 0) is 16.6 Å². The van der Waals surface area contributed by atoms with Gasteiger partial charge in [-0.15, -0.1) is 0 Å². The summed E-state index contributed by atoms with van der Waals surface area (Å²) in [6.07, 6.45) is 1.52. The Balaban J connectivity index is 2.23. The van der Waals surface area contributed by atoms with Crippen molar-refractivity contribution in [2.75, 3.05) is 18.8 Å². The van der Waals surface area contributed by atoms with E-state index in [0.717, 1.165) is 11.4 Å². The molecular weight excluding hydrogens is 258 g/mol. The van der Waals surface area contributed by atoms with Gasteiger partial charge in [0.05, 0.1) is 4.90 Å². The van der Waals surface area contributed by atoms with Gasteiger partial charge in [0.1, 0.15) is 0 Å². The molecule has 0 amide bonds. The first-order valence-corrected chi connectivity index (χ1v) is 8.02. The first kappa shape index (κ1) is 12.9. The molecule has 1 aromatic heterocycles. The van der Waals surface area contributed by atoms with Crippen LogP contribution in [0, 0.1) is 0 Å². The summed E-state index contributed by atoms with van der Waals surface area (Å²) < 4.78 is 26.2. The Labute approximate surface area is 106 Å². The summed E-state index contributed by atoms with van der Waals surface area (Å²) in [5.74, 6) is 0.856. The number of nitrogens with zero attached hydrogens (tertiary/aromatic N) is 1. The predicted molar refractivity (Wildman–Crippen MR) is 69.4 cm³/mol. The maximum atomic E-state index is 12.3. The standard InChI is InChI=1S/C10H17N3O2S2/c1-8-7-13(2-3-16-8)17(14,15)10-4-9(5-11)12-6-10/h4,6,8,12H,2-3,5,7,11H2,1H3. The molecule has 0 saturated carbocycles. The average molecular weight is 275 g/mol. The Morgan fingerprint density at radius 2 is 2.41 bits per heavy atom. The molecule has 3 N–H and O–H groups in total. The van der Waals surface area contributed by atoms with Gasteiger partial charge in [-0.2, -0.15) is 16.1 Å². The second-order valence-corrected chi connectivity index (χ2v) is 7.59. The largest absolute Gasteiger partial charge is 0.363 e. The Bertz CT molecular complexity index is 483. The molecule has 0 aromatic carbocycles. The van der Waals surface area contributed by atoms with Gasteiger partial charge in [0, 0.05) is 42.5 Å². The van der Waals surface area contributed by atoms with Crippen LogP contribution in [0.5, 0.6) is 0 Å². The molecule has 2 heterocycles. The minimum atomic E-state index is -3.35. The highest BCUT2D eigenvalue weighted by atomic mass is 32.2. The van der Waals surface area contributed by atoms with Gasteiger partial charge < -0.3 is 10.7 Å².